The summed E-state index contributed by atoms with van der Waals surface area (Å²) in [5.41, 5.74) is 0. The maximum atomic E-state index is 12.7. The van der Waals surface area contributed by atoms with Gasteiger partial charge in [-0.25, -0.2) is 9.97 Å². The number of amides is 2. The van der Waals surface area contributed by atoms with Gasteiger partial charge in [0.25, 0.3) is 0 Å². The third-order valence-electron chi connectivity index (χ3n) is 6.18. The van der Waals surface area contributed by atoms with Crippen molar-refractivity contribution in [3.8, 4) is 0 Å². The lowest BCUT2D eigenvalue weighted by Gasteiger charge is -2.37. The van der Waals surface area contributed by atoms with Gasteiger partial charge < -0.3 is 14.7 Å². The first-order chi connectivity index (χ1) is 13.7. The van der Waals surface area contributed by atoms with E-state index in [2.05, 4.69) is 19.8 Å². The normalized spacial score (nSPS) is 21.9. The number of rotatable bonds is 4. The maximum Gasteiger partial charge on any atom is 0.236 e. The Bertz CT molecular complexity index is 663. The first-order valence-electron chi connectivity index (χ1n) is 10.5. The molecule has 0 saturated carbocycles. The average molecular weight is 387 g/mol. The second-order valence-electron chi connectivity index (χ2n) is 8.00. The van der Waals surface area contributed by atoms with Crippen LogP contribution in [-0.4, -0.2) is 95.4 Å². The molecule has 8 heteroatoms. The van der Waals surface area contributed by atoms with Crippen molar-refractivity contribution in [2.75, 3.05) is 63.8 Å². The molecule has 0 bridgehead atoms. The molecule has 152 valence electrons. The van der Waals surface area contributed by atoms with Crippen molar-refractivity contribution in [2.45, 2.75) is 25.7 Å². The molecule has 0 aliphatic carbocycles. The number of piperidine rings is 1. The Morgan fingerprint density at radius 3 is 2.14 bits per heavy atom. The van der Waals surface area contributed by atoms with E-state index in [1.807, 2.05) is 15.9 Å². The summed E-state index contributed by atoms with van der Waals surface area (Å²) < 4.78 is 0. The van der Waals surface area contributed by atoms with E-state index in [4.69, 9.17) is 0 Å². The van der Waals surface area contributed by atoms with E-state index < -0.39 is 0 Å². The van der Waals surface area contributed by atoms with Crippen LogP contribution in [0.15, 0.2) is 18.5 Å². The van der Waals surface area contributed by atoms with Gasteiger partial charge in [0.15, 0.2) is 0 Å². The summed E-state index contributed by atoms with van der Waals surface area (Å²) in [4.78, 5) is 42.2. The lowest BCUT2D eigenvalue weighted by Crippen LogP contribution is -2.52. The Kier molecular flexibility index (Phi) is 6.04. The molecule has 0 radical (unpaired) electrons. The minimum atomic E-state index is 0.108. The fourth-order valence-corrected chi connectivity index (χ4v) is 4.42. The summed E-state index contributed by atoms with van der Waals surface area (Å²) in [6, 6.07) is 1.82. The van der Waals surface area contributed by atoms with Gasteiger partial charge in [-0.2, -0.15) is 0 Å². The highest BCUT2D eigenvalue weighted by Gasteiger charge is 2.31. The topological polar surface area (TPSA) is 72.9 Å². The molecule has 2 amide bonds. The summed E-state index contributed by atoms with van der Waals surface area (Å²) in [6.07, 6.45) is 7.40. The number of hydrogen-bond donors (Lipinski definition) is 0. The Hall–Kier alpha value is -2.22. The van der Waals surface area contributed by atoms with Gasteiger partial charge in [-0.1, -0.05) is 0 Å². The minimum Gasteiger partial charge on any atom is -0.342 e. The van der Waals surface area contributed by atoms with Crippen LogP contribution in [0.2, 0.25) is 0 Å². The van der Waals surface area contributed by atoms with Crippen LogP contribution < -0.4 is 4.90 Å². The molecule has 0 N–H and O–H groups in total. The lowest BCUT2D eigenvalue weighted by molar-refractivity contribution is -0.140. The third kappa shape index (κ3) is 4.43. The van der Waals surface area contributed by atoms with Gasteiger partial charge in [-0.15, -0.1) is 0 Å². The highest BCUT2D eigenvalue weighted by molar-refractivity contribution is 5.81. The van der Waals surface area contributed by atoms with E-state index in [-0.39, 0.29) is 11.8 Å². The monoisotopic (exact) mass is 386 g/mol. The first kappa shape index (κ1) is 19.1. The Morgan fingerprint density at radius 2 is 1.50 bits per heavy atom. The zero-order valence-electron chi connectivity index (χ0n) is 16.5. The Labute approximate surface area is 166 Å². The summed E-state index contributed by atoms with van der Waals surface area (Å²) >= 11 is 0. The molecule has 4 heterocycles. The third-order valence-corrected chi connectivity index (χ3v) is 6.18. The fourth-order valence-electron chi connectivity index (χ4n) is 4.42. The van der Waals surface area contributed by atoms with Gasteiger partial charge in [0, 0.05) is 70.7 Å². The van der Waals surface area contributed by atoms with Crippen LogP contribution in [0, 0.1) is 5.92 Å². The molecule has 0 unspecified atom stereocenters. The van der Waals surface area contributed by atoms with E-state index in [0.29, 0.717) is 25.5 Å². The van der Waals surface area contributed by atoms with E-state index in [0.717, 1.165) is 70.9 Å². The van der Waals surface area contributed by atoms with E-state index >= 15 is 0 Å². The number of carbonyl (C=O) groups excluding carboxylic acids is 2. The van der Waals surface area contributed by atoms with Crippen molar-refractivity contribution in [3.05, 3.63) is 18.5 Å². The smallest absolute Gasteiger partial charge is 0.236 e. The van der Waals surface area contributed by atoms with Crippen LogP contribution in [-0.2, 0) is 9.59 Å². The van der Waals surface area contributed by atoms with Crippen LogP contribution in [0.4, 0.5) is 5.95 Å². The first-order valence-corrected chi connectivity index (χ1v) is 10.5. The van der Waals surface area contributed by atoms with E-state index in [9.17, 15) is 9.59 Å². The predicted octanol–water partition coefficient (Wildman–Crippen LogP) is 0.460. The van der Waals surface area contributed by atoms with E-state index in [1.54, 1.807) is 12.4 Å². The zero-order valence-corrected chi connectivity index (χ0v) is 16.5. The summed E-state index contributed by atoms with van der Waals surface area (Å²) in [7, 11) is 0. The van der Waals surface area contributed by atoms with Gasteiger partial charge in [0.2, 0.25) is 17.8 Å². The number of nitrogens with zero attached hydrogens (tertiary/aromatic N) is 6. The predicted molar refractivity (Wildman–Crippen MR) is 106 cm³/mol. The van der Waals surface area contributed by atoms with Crippen LogP contribution >= 0.6 is 0 Å². The number of anilines is 1. The highest BCUT2D eigenvalue weighted by Crippen LogP contribution is 2.22. The second-order valence-corrected chi connectivity index (χ2v) is 8.00. The Morgan fingerprint density at radius 1 is 0.857 bits per heavy atom. The molecule has 8 nitrogen and oxygen atoms in total. The molecule has 0 atom stereocenters. The lowest BCUT2D eigenvalue weighted by atomic mass is 9.95. The van der Waals surface area contributed by atoms with Gasteiger partial charge in [-0.3, -0.25) is 14.5 Å². The second kappa shape index (κ2) is 8.86. The van der Waals surface area contributed by atoms with Crippen molar-refractivity contribution in [1.29, 1.82) is 0 Å². The number of carbonyl (C=O) groups is 2. The molecule has 3 saturated heterocycles. The van der Waals surface area contributed by atoms with Crippen molar-refractivity contribution < 1.29 is 9.59 Å². The summed E-state index contributed by atoms with van der Waals surface area (Å²) in [5.74, 6) is 1.37. The largest absolute Gasteiger partial charge is 0.342 e. The Balaban J connectivity index is 1.19. The SMILES string of the molecule is O=C(CN1CCN(c2ncccn2)CC1)N1CCC(C(=O)N2CCCC2)CC1. The minimum absolute atomic E-state index is 0.108. The van der Waals surface area contributed by atoms with Crippen LogP contribution in [0.5, 0.6) is 0 Å². The molecule has 3 fully saturated rings. The van der Waals surface area contributed by atoms with Crippen molar-refractivity contribution >= 4 is 17.8 Å². The standard InChI is InChI=1S/C20H30N6O2/c27-18(16-23-12-14-26(15-13-23)20-21-6-3-7-22-20)24-10-4-17(5-11-24)19(28)25-8-1-2-9-25/h3,6-7,17H,1-2,4-5,8-16H2. The molecule has 1 aromatic heterocycles. The molecule has 1 aromatic rings. The number of piperazine rings is 1. The molecule has 28 heavy (non-hydrogen) atoms. The zero-order chi connectivity index (χ0) is 19.3. The quantitative estimate of drug-likeness (QED) is 0.749. The number of hydrogen-bond acceptors (Lipinski definition) is 6. The fraction of sp³-hybridized carbons (Fsp3) is 0.700. The molecule has 0 aromatic carbocycles. The maximum absolute atomic E-state index is 12.7. The van der Waals surface area contributed by atoms with Gasteiger partial charge in [-0.05, 0) is 31.7 Å². The van der Waals surface area contributed by atoms with Gasteiger partial charge >= 0.3 is 0 Å². The van der Waals surface area contributed by atoms with Crippen LogP contribution in [0.3, 0.4) is 0 Å². The number of likely N-dealkylation sites (tertiary alicyclic amines) is 2. The highest BCUT2D eigenvalue weighted by atomic mass is 16.2. The van der Waals surface area contributed by atoms with Gasteiger partial charge in [0.05, 0.1) is 6.54 Å². The number of aromatic nitrogens is 2. The summed E-state index contributed by atoms with van der Waals surface area (Å²) in [6.45, 7) is 7.07. The van der Waals surface area contributed by atoms with Crippen molar-refractivity contribution in [1.82, 2.24) is 24.7 Å². The van der Waals surface area contributed by atoms with Crippen molar-refractivity contribution in [2.24, 2.45) is 5.92 Å². The van der Waals surface area contributed by atoms with Crippen LogP contribution in [0.1, 0.15) is 25.7 Å². The van der Waals surface area contributed by atoms with E-state index in [1.165, 1.54) is 0 Å². The molecule has 3 aliphatic rings. The van der Waals surface area contributed by atoms with Crippen molar-refractivity contribution in [3.63, 3.8) is 0 Å². The molecular formula is C20H30N6O2. The molecule has 3 aliphatic heterocycles. The van der Waals surface area contributed by atoms with Crippen LogP contribution in [0.25, 0.3) is 0 Å². The molecule has 4 rings (SSSR count). The molecular weight excluding hydrogens is 356 g/mol. The summed E-state index contributed by atoms with van der Waals surface area (Å²) in [5, 5.41) is 0. The average Bonchev–Trinajstić information content (AvgIpc) is 3.29. The van der Waals surface area contributed by atoms with Gasteiger partial charge in [0.1, 0.15) is 0 Å². The molecule has 0 spiro atoms.